The highest BCUT2D eigenvalue weighted by Gasteiger charge is 2.09. The first-order chi connectivity index (χ1) is 15.1. The molecule has 0 radical (unpaired) electrons. The molecule has 1 heterocycles. The van der Waals surface area contributed by atoms with E-state index in [9.17, 15) is 4.79 Å². The Kier molecular flexibility index (Phi) is 10.4. The van der Waals surface area contributed by atoms with Crippen LogP contribution >= 0.6 is 35.6 Å². The van der Waals surface area contributed by atoms with Crippen molar-refractivity contribution in [2.24, 2.45) is 4.99 Å². The summed E-state index contributed by atoms with van der Waals surface area (Å²) < 4.78 is 10.3. The van der Waals surface area contributed by atoms with Gasteiger partial charge in [-0.25, -0.2) is 0 Å². The zero-order valence-electron chi connectivity index (χ0n) is 17.9. The number of carbonyl (C=O) groups excluding carboxylic acids is 1. The van der Waals surface area contributed by atoms with Gasteiger partial charge in [0.15, 0.2) is 11.7 Å². The summed E-state index contributed by atoms with van der Waals surface area (Å²) in [5.41, 5.74) is 2.72. The highest BCUT2D eigenvalue weighted by atomic mass is 127. The van der Waals surface area contributed by atoms with E-state index in [2.05, 4.69) is 20.9 Å². The average molecular weight is 569 g/mol. The van der Waals surface area contributed by atoms with E-state index in [-0.39, 0.29) is 35.6 Å². The topological polar surface area (TPSA) is 87.9 Å². The third-order valence-corrected chi connectivity index (χ3v) is 4.91. The molecule has 9 heteroatoms. The molecule has 3 aromatic rings. The predicted octanol–water partition coefficient (Wildman–Crippen LogP) is 4.72. The van der Waals surface area contributed by atoms with Crippen LogP contribution < -0.4 is 20.7 Å². The molecule has 0 aliphatic rings. The van der Waals surface area contributed by atoms with E-state index in [0.717, 1.165) is 23.3 Å². The molecule has 0 unspecified atom stereocenters. The standard InChI is InChI=1S/C23H25ClN4O3.HI/c1-25-23(26-11-10-17-8-9-19(30-2)14-20(17)24)27-15-16-5-3-6-18(13-16)28-22(29)21-7-4-12-31-21;/h3-9,12-14H,10-11,15H2,1-2H3,(H,28,29)(H2,25,26,27);1H. The Hall–Kier alpha value is -2.72. The van der Waals surface area contributed by atoms with Gasteiger partial charge in [-0.3, -0.25) is 9.79 Å². The van der Waals surface area contributed by atoms with Gasteiger partial charge < -0.3 is 25.1 Å². The van der Waals surface area contributed by atoms with E-state index in [1.165, 1.54) is 6.26 Å². The first-order valence-corrected chi connectivity index (χ1v) is 10.2. The van der Waals surface area contributed by atoms with Crippen LogP contribution in [0, 0.1) is 0 Å². The van der Waals surface area contributed by atoms with Gasteiger partial charge in [0.05, 0.1) is 13.4 Å². The summed E-state index contributed by atoms with van der Waals surface area (Å²) in [5.74, 6) is 1.39. The van der Waals surface area contributed by atoms with Gasteiger partial charge >= 0.3 is 0 Å². The Morgan fingerprint density at radius 3 is 2.66 bits per heavy atom. The van der Waals surface area contributed by atoms with Gasteiger partial charge in [0.2, 0.25) is 0 Å². The molecule has 0 atom stereocenters. The molecule has 0 spiro atoms. The maximum absolute atomic E-state index is 12.1. The van der Waals surface area contributed by atoms with Crippen LogP contribution in [0.5, 0.6) is 5.75 Å². The number of ether oxygens (including phenoxy) is 1. The minimum Gasteiger partial charge on any atom is -0.497 e. The SMILES string of the molecule is CN=C(NCCc1ccc(OC)cc1Cl)NCc1cccc(NC(=O)c2ccco2)c1.I. The molecule has 0 saturated heterocycles. The fourth-order valence-corrected chi connectivity index (χ4v) is 3.20. The van der Waals surface area contributed by atoms with Crippen molar-refractivity contribution >= 4 is 53.1 Å². The number of rotatable bonds is 8. The van der Waals surface area contributed by atoms with E-state index >= 15 is 0 Å². The molecule has 32 heavy (non-hydrogen) atoms. The highest BCUT2D eigenvalue weighted by Crippen LogP contribution is 2.22. The van der Waals surface area contributed by atoms with E-state index in [1.54, 1.807) is 26.3 Å². The number of anilines is 1. The lowest BCUT2D eigenvalue weighted by atomic mass is 10.1. The second kappa shape index (κ2) is 13.0. The van der Waals surface area contributed by atoms with E-state index in [4.69, 9.17) is 20.8 Å². The summed E-state index contributed by atoms with van der Waals surface area (Å²) in [6, 6.07) is 16.5. The zero-order chi connectivity index (χ0) is 22.1. The number of halogens is 2. The van der Waals surface area contributed by atoms with Gasteiger partial charge in [0.1, 0.15) is 5.75 Å². The molecule has 3 N–H and O–H groups in total. The van der Waals surface area contributed by atoms with Crippen molar-refractivity contribution in [2.45, 2.75) is 13.0 Å². The molecular weight excluding hydrogens is 543 g/mol. The smallest absolute Gasteiger partial charge is 0.291 e. The van der Waals surface area contributed by atoms with Gasteiger partial charge in [0, 0.05) is 30.8 Å². The monoisotopic (exact) mass is 568 g/mol. The molecule has 1 amide bonds. The molecule has 0 fully saturated rings. The molecule has 170 valence electrons. The highest BCUT2D eigenvalue weighted by molar-refractivity contribution is 14.0. The van der Waals surface area contributed by atoms with Crippen LogP contribution in [-0.4, -0.2) is 32.6 Å². The maximum atomic E-state index is 12.1. The minimum atomic E-state index is -0.287. The number of furan rings is 1. The largest absolute Gasteiger partial charge is 0.497 e. The quantitative estimate of drug-likeness (QED) is 0.208. The molecule has 0 bridgehead atoms. The number of guanidine groups is 1. The van der Waals surface area contributed by atoms with Crippen molar-refractivity contribution in [3.8, 4) is 5.75 Å². The molecule has 7 nitrogen and oxygen atoms in total. The molecule has 2 aromatic carbocycles. The third kappa shape index (κ3) is 7.45. The van der Waals surface area contributed by atoms with Crippen molar-refractivity contribution in [3.05, 3.63) is 82.8 Å². The first-order valence-electron chi connectivity index (χ1n) is 9.80. The van der Waals surface area contributed by atoms with Crippen LogP contribution in [-0.2, 0) is 13.0 Å². The summed E-state index contributed by atoms with van der Waals surface area (Å²) in [4.78, 5) is 16.4. The van der Waals surface area contributed by atoms with Crippen LogP contribution in [0.1, 0.15) is 21.7 Å². The Labute approximate surface area is 209 Å². The number of aliphatic imine (C=N–C) groups is 1. The van der Waals surface area contributed by atoms with Crippen LogP contribution in [0.3, 0.4) is 0 Å². The second-order valence-electron chi connectivity index (χ2n) is 6.69. The first kappa shape index (κ1) is 25.5. The van der Waals surface area contributed by atoms with Crippen molar-refractivity contribution in [3.63, 3.8) is 0 Å². The number of nitrogens with one attached hydrogen (secondary N) is 3. The molecular formula is C23H26ClIN4O3. The van der Waals surface area contributed by atoms with Crippen molar-refractivity contribution in [2.75, 3.05) is 26.0 Å². The summed E-state index contributed by atoms with van der Waals surface area (Å²) >= 11 is 6.29. The fourth-order valence-electron chi connectivity index (χ4n) is 2.94. The number of hydrogen-bond donors (Lipinski definition) is 3. The fraction of sp³-hybridized carbons (Fsp3) is 0.217. The second-order valence-corrected chi connectivity index (χ2v) is 7.10. The Morgan fingerprint density at radius 2 is 1.97 bits per heavy atom. The predicted molar refractivity (Wildman–Crippen MR) is 138 cm³/mol. The molecule has 3 rings (SSSR count). The number of benzene rings is 2. The van der Waals surface area contributed by atoms with Gasteiger partial charge in [-0.1, -0.05) is 29.8 Å². The zero-order valence-corrected chi connectivity index (χ0v) is 20.9. The van der Waals surface area contributed by atoms with Crippen molar-refractivity contribution in [1.82, 2.24) is 10.6 Å². The number of methoxy groups -OCH3 is 1. The normalized spacial score (nSPS) is 10.8. The summed E-state index contributed by atoms with van der Waals surface area (Å²) in [6.45, 7) is 1.22. The van der Waals surface area contributed by atoms with Crippen LogP contribution in [0.25, 0.3) is 0 Å². The Bertz CT molecular complexity index is 1040. The lowest BCUT2D eigenvalue weighted by Crippen LogP contribution is -2.37. The van der Waals surface area contributed by atoms with E-state index in [1.807, 2.05) is 42.5 Å². The van der Waals surface area contributed by atoms with Gasteiger partial charge in [-0.15, -0.1) is 24.0 Å². The van der Waals surface area contributed by atoms with Crippen molar-refractivity contribution in [1.29, 1.82) is 0 Å². The van der Waals surface area contributed by atoms with Gasteiger partial charge in [-0.05, 0) is 53.9 Å². The Balaban J connectivity index is 0.00000363. The lowest BCUT2D eigenvalue weighted by molar-refractivity contribution is 0.0996. The third-order valence-electron chi connectivity index (χ3n) is 4.56. The molecule has 0 aliphatic heterocycles. The van der Waals surface area contributed by atoms with E-state index in [0.29, 0.717) is 29.8 Å². The summed E-state index contributed by atoms with van der Waals surface area (Å²) in [7, 11) is 3.33. The van der Waals surface area contributed by atoms with Crippen LogP contribution in [0.2, 0.25) is 5.02 Å². The number of hydrogen-bond acceptors (Lipinski definition) is 4. The minimum absolute atomic E-state index is 0. The van der Waals surface area contributed by atoms with E-state index < -0.39 is 0 Å². The van der Waals surface area contributed by atoms with Crippen molar-refractivity contribution < 1.29 is 13.9 Å². The molecule has 0 aliphatic carbocycles. The van der Waals surface area contributed by atoms with Gasteiger partial charge in [0.25, 0.3) is 5.91 Å². The van der Waals surface area contributed by atoms with Crippen LogP contribution in [0.15, 0.2) is 70.3 Å². The lowest BCUT2D eigenvalue weighted by Gasteiger charge is -2.13. The van der Waals surface area contributed by atoms with Crippen LogP contribution in [0.4, 0.5) is 5.69 Å². The number of carbonyl (C=O) groups is 1. The number of amides is 1. The summed E-state index contributed by atoms with van der Waals surface area (Å²) in [5, 5.41) is 10.0. The summed E-state index contributed by atoms with van der Waals surface area (Å²) in [6.07, 6.45) is 2.22. The maximum Gasteiger partial charge on any atom is 0.291 e. The Morgan fingerprint density at radius 1 is 1.12 bits per heavy atom. The average Bonchev–Trinajstić information content (AvgIpc) is 3.32. The number of nitrogens with zero attached hydrogens (tertiary/aromatic N) is 1. The molecule has 0 saturated carbocycles. The molecule has 1 aromatic heterocycles. The van der Waals surface area contributed by atoms with Gasteiger partial charge in [-0.2, -0.15) is 0 Å².